The summed E-state index contributed by atoms with van der Waals surface area (Å²) in [5.41, 5.74) is -2.76. The van der Waals surface area contributed by atoms with Gasteiger partial charge in [0, 0.05) is 35.1 Å². The average molecular weight is 368 g/mol. The molecule has 4 N–H and O–H groups in total. The van der Waals surface area contributed by atoms with Gasteiger partial charge in [-0.2, -0.15) is 0 Å². The summed E-state index contributed by atoms with van der Waals surface area (Å²) in [5.74, 6) is -3.12. The Labute approximate surface area is 153 Å². The topological polar surface area (TPSA) is 132 Å². The largest absolute Gasteiger partial charge is 0.507 e. The number of aliphatic hydroxyl groups is 2. The van der Waals surface area contributed by atoms with Crippen LogP contribution in [0.25, 0.3) is 0 Å². The van der Waals surface area contributed by atoms with E-state index in [2.05, 4.69) is 0 Å². The Kier molecular flexibility index (Phi) is 3.53. The quantitative estimate of drug-likeness (QED) is 0.474. The van der Waals surface area contributed by atoms with Crippen molar-refractivity contribution in [3.05, 3.63) is 57.6 Å². The number of ketones is 3. The smallest absolute Gasteiger partial charge is 0.198 e. The number of fused-ring (bicyclic) bond motifs is 3. The fourth-order valence-electron chi connectivity index (χ4n) is 3.98. The molecule has 7 nitrogen and oxygen atoms in total. The van der Waals surface area contributed by atoms with Crippen molar-refractivity contribution in [3.8, 4) is 11.5 Å². The normalized spacial score (nSPS) is 23.4. The van der Waals surface area contributed by atoms with Gasteiger partial charge in [0.25, 0.3) is 0 Å². The number of carbonyl (C=O) groups excluding carboxylic acids is 3. The van der Waals surface area contributed by atoms with Crippen molar-refractivity contribution in [2.75, 3.05) is 0 Å². The zero-order valence-corrected chi connectivity index (χ0v) is 14.3. The highest BCUT2D eigenvalue weighted by atomic mass is 16.3. The maximum Gasteiger partial charge on any atom is 0.198 e. The molecular weight excluding hydrogens is 352 g/mol. The lowest BCUT2D eigenvalue weighted by Gasteiger charge is -2.36. The Balaban J connectivity index is 2.04. The summed E-state index contributed by atoms with van der Waals surface area (Å²) in [6.45, 7) is 1.15. The van der Waals surface area contributed by atoms with E-state index in [1.807, 2.05) is 0 Å². The number of hydrogen-bond donors (Lipinski definition) is 4. The van der Waals surface area contributed by atoms with Crippen LogP contribution in [0.5, 0.6) is 11.5 Å². The van der Waals surface area contributed by atoms with Crippen LogP contribution >= 0.6 is 0 Å². The Morgan fingerprint density at radius 1 is 1.04 bits per heavy atom. The zero-order chi connectivity index (χ0) is 19.7. The number of aliphatic hydroxyl groups excluding tert-OH is 1. The zero-order valence-electron chi connectivity index (χ0n) is 14.3. The molecule has 0 amide bonds. The van der Waals surface area contributed by atoms with Gasteiger partial charge in [-0.3, -0.25) is 14.4 Å². The van der Waals surface area contributed by atoms with Crippen molar-refractivity contribution in [2.45, 2.75) is 31.5 Å². The number of phenols is 2. The predicted octanol–water partition coefficient (Wildman–Crippen LogP) is 1.17. The van der Waals surface area contributed by atoms with Crippen LogP contribution in [0.15, 0.2) is 24.3 Å². The second-order valence-electron chi connectivity index (χ2n) is 7.03. The summed E-state index contributed by atoms with van der Waals surface area (Å²) in [4.78, 5) is 37.5. The molecule has 0 saturated heterocycles. The monoisotopic (exact) mass is 368 g/mol. The minimum Gasteiger partial charge on any atom is -0.507 e. The van der Waals surface area contributed by atoms with Crippen molar-refractivity contribution in [2.24, 2.45) is 0 Å². The molecule has 27 heavy (non-hydrogen) atoms. The summed E-state index contributed by atoms with van der Waals surface area (Å²) >= 11 is 0. The molecule has 2 aromatic carbocycles. The first-order chi connectivity index (χ1) is 12.7. The molecule has 138 valence electrons. The van der Waals surface area contributed by atoms with E-state index < -0.39 is 40.6 Å². The van der Waals surface area contributed by atoms with E-state index in [9.17, 15) is 34.8 Å². The molecule has 2 aliphatic rings. The predicted molar refractivity (Wildman–Crippen MR) is 92.0 cm³/mol. The van der Waals surface area contributed by atoms with Gasteiger partial charge in [-0.05, 0) is 6.92 Å². The van der Waals surface area contributed by atoms with Gasteiger partial charge >= 0.3 is 0 Å². The van der Waals surface area contributed by atoms with E-state index in [1.165, 1.54) is 12.1 Å². The molecule has 7 heteroatoms. The molecule has 2 atom stereocenters. The van der Waals surface area contributed by atoms with Gasteiger partial charge in [0.05, 0.1) is 17.2 Å². The lowest BCUT2D eigenvalue weighted by molar-refractivity contribution is -0.139. The highest BCUT2D eigenvalue weighted by Gasteiger charge is 2.46. The Morgan fingerprint density at radius 3 is 2.07 bits per heavy atom. The van der Waals surface area contributed by atoms with E-state index in [4.69, 9.17) is 0 Å². The van der Waals surface area contributed by atoms with Gasteiger partial charge in [-0.15, -0.1) is 0 Å². The first-order valence-corrected chi connectivity index (χ1v) is 8.38. The maximum absolute atomic E-state index is 12.9. The summed E-state index contributed by atoms with van der Waals surface area (Å²) in [5, 5.41) is 42.3. The molecule has 0 aromatic heterocycles. The van der Waals surface area contributed by atoms with Crippen molar-refractivity contribution < 1.29 is 34.8 Å². The third kappa shape index (κ3) is 2.19. The van der Waals surface area contributed by atoms with Crippen LogP contribution in [0.1, 0.15) is 62.4 Å². The maximum atomic E-state index is 12.9. The van der Waals surface area contributed by atoms with Crippen LogP contribution in [-0.4, -0.2) is 43.4 Å². The molecule has 2 aliphatic carbocycles. The number of phenolic OH excluding ortho intramolecular Hbond substituents is 2. The minimum atomic E-state index is -1.94. The van der Waals surface area contributed by atoms with Crippen LogP contribution in [0.2, 0.25) is 0 Å². The van der Waals surface area contributed by atoms with E-state index in [-0.39, 0.29) is 46.2 Å². The van der Waals surface area contributed by atoms with Crippen LogP contribution < -0.4 is 0 Å². The molecule has 2 aromatic rings. The first kappa shape index (κ1) is 17.4. The average Bonchev–Trinajstić information content (AvgIpc) is 2.62. The van der Waals surface area contributed by atoms with Crippen LogP contribution in [0.4, 0.5) is 0 Å². The van der Waals surface area contributed by atoms with E-state index >= 15 is 0 Å². The number of carbonyl (C=O) groups is 3. The molecule has 0 aliphatic heterocycles. The number of benzene rings is 2. The number of Topliss-reactive ketones (excluding diaryl/α,β-unsaturated/α-hetero) is 1. The number of hydrogen-bond acceptors (Lipinski definition) is 7. The van der Waals surface area contributed by atoms with Gasteiger partial charge in [-0.25, -0.2) is 0 Å². The highest BCUT2D eigenvalue weighted by molar-refractivity contribution is 6.30. The second kappa shape index (κ2) is 5.48. The van der Waals surface area contributed by atoms with Gasteiger partial charge < -0.3 is 20.4 Å². The Morgan fingerprint density at radius 2 is 1.56 bits per heavy atom. The number of rotatable bonds is 1. The minimum absolute atomic E-state index is 0.0860. The lowest BCUT2D eigenvalue weighted by Crippen LogP contribution is -2.44. The van der Waals surface area contributed by atoms with Crippen LogP contribution in [0.3, 0.4) is 0 Å². The molecular formula is C20H16O7. The lowest BCUT2D eigenvalue weighted by atomic mass is 9.72. The van der Waals surface area contributed by atoms with E-state index in [1.54, 1.807) is 12.1 Å². The highest BCUT2D eigenvalue weighted by Crippen LogP contribution is 2.50. The summed E-state index contributed by atoms with van der Waals surface area (Å²) in [6, 6.07) is 6.03. The third-order valence-electron chi connectivity index (χ3n) is 5.45. The molecule has 0 fully saturated rings. The van der Waals surface area contributed by atoms with Crippen molar-refractivity contribution >= 4 is 17.3 Å². The fraction of sp³-hybridized carbons (Fsp3) is 0.250. The summed E-state index contributed by atoms with van der Waals surface area (Å²) in [6.07, 6.45) is -2.26. The van der Waals surface area contributed by atoms with Gasteiger partial charge in [0.2, 0.25) is 0 Å². The SMILES string of the molecule is CC(=O)[C@@]1(O)Cc2c(O)c3c(c(O)c2[C@H](O)C1)C(=O)c1ccccc1C3=O. The molecule has 0 heterocycles. The van der Waals surface area contributed by atoms with Gasteiger partial charge in [0.1, 0.15) is 17.1 Å². The second-order valence-corrected chi connectivity index (χ2v) is 7.03. The molecule has 0 unspecified atom stereocenters. The van der Waals surface area contributed by atoms with Crippen LogP contribution in [0, 0.1) is 0 Å². The van der Waals surface area contributed by atoms with E-state index in [0.717, 1.165) is 6.92 Å². The molecule has 0 spiro atoms. The standard InChI is InChI=1S/C20H16O7/c1-8(21)20(27)6-11-13(12(22)7-20)19(26)15-14(18(11)25)16(23)9-4-2-3-5-10(9)17(15)24/h2-5,12,22,25-27H,6-7H2,1H3/t12-,20-/m1/s1. The van der Waals surface area contributed by atoms with E-state index in [0.29, 0.717) is 0 Å². The van der Waals surface area contributed by atoms with Crippen molar-refractivity contribution in [3.63, 3.8) is 0 Å². The Hall–Kier alpha value is -3.03. The molecule has 0 bridgehead atoms. The van der Waals surface area contributed by atoms with Crippen LogP contribution in [-0.2, 0) is 11.2 Å². The first-order valence-electron chi connectivity index (χ1n) is 8.38. The molecule has 0 radical (unpaired) electrons. The third-order valence-corrected chi connectivity index (χ3v) is 5.45. The molecule has 4 rings (SSSR count). The summed E-state index contributed by atoms with van der Waals surface area (Å²) < 4.78 is 0. The van der Waals surface area contributed by atoms with Crippen molar-refractivity contribution in [1.29, 1.82) is 0 Å². The fourth-order valence-corrected chi connectivity index (χ4v) is 3.98. The summed E-state index contributed by atoms with van der Waals surface area (Å²) in [7, 11) is 0. The number of aromatic hydroxyl groups is 2. The molecule has 0 saturated carbocycles. The van der Waals surface area contributed by atoms with Crippen molar-refractivity contribution in [1.82, 2.24) is 0 Å². The van der Waals surface area contributed by atoms with Gasteiger partial charge in [-0.1, -0.05) is 24.3 Å². The Bertz CT molecular complexity index is 1050. The van der Waals surface area contributed by atoms with Gasteiger partial charge in [0.15, 0.2) is 17.3 Å².